The van der Waals surface area contributed by atoms with Crippen molar-refractivity contribution in [1.29, 1.82) is 0 Å². The molecule has 1 aromatic heterocycles. The monoisotopic (exact) mass is 395 g/mol. The maximum Gasteiger partial charge on any atom is 0.260 e. The Bertz CT molecular complexity index is 841. The molecule has 154 valence electrons. The van der Waals surface area contributed by atoms with Crippen molar-refractivity contribution in [3.05, 3.63) is 47.4 Å². The number of nitrogens with one attached hydrogen (secondary N) is 1. The maximum atomic E-state index is 12.7. The predicted octanol–water partition coefficient (Wildman–Crippen LogP) is 2.29. The van der Waals surface area contributed by atoms with E-state index in [2.05, 4.69) is 17.3 Å². The number of likely N-dealkylation sites (N-methyl/N-ethyl adjacent to an activating group) is 1. The van der Waals surface area contributed by atoms with Crippen LogP contribution in [0, 0.1) is 0 Å². The second-order valence-electron chi connectivity index (χ2n) is 7.87. The lowest BCUT2D eigenvalue weighted by Gasteiger charge is -2.33. The van der Waals surface area contributed by atoms with Gasteiger partial charge in [0.15, 0.2) is 6.61 Å². The van der Waals surface area contributed by atoms with Crippen LogP contribution in [0.4, 0.5) is 5.82 Å². The molecule has 3 heterocycles. The number of benzene rings is 1. The summed E-state index contributed by atoms with van der Waals surface area (Å²) in [5.41, 5.74) is 2.35. The number of carbonyl (C=O) groups is 1. The molecule has 1 fully saturated rings. The molecule has 1 amide bonds. The quantitative estimate of drug-likeness (QED) is 0.838. The van der Waals surface area contributed by atoms with Crippen LogP contribution in [0.15, 0.2) is 30.3 Å². The van der Waals surface area contributed by atoms with E-state index in [9.17, 15) is 4.79 Å². The average molecular weight is 396 g/mol. The number of aromatic nitrogens is 2. The fourth-order valence-corrected chi connectivity index (χ4v) is 4.12. The zero-order valence-corrected chi connectivity index (χ0v) is 17.2. The number of ether oxygens (including phenoxy) is 1. The number of amides is 1. The van der Waals surface area contributed by atoms with E-state index in [1.165, 1.54) is 5.56 Å². The topological polar surface area (TPSA) is 70.6 Å². The van der Waals surface area contributed by atoms with Crippen LogP contribution in [0.2, 0.25) is 0 Å². The third-order valence-corrected chi connectivity index (χ3v) is 5.75. The zero-order valence-electron chi connectivity index (χ0n) is 17.2. The standard InChI is InChI=1S/C22H29N5O2/c1-23-22-18-14-26(2)12-10-19(18)24-21(25-22)16-7-6-11-27(13-16)20(28)15-29-17-8-4-3-5-9-17/h3-5,8-9,16H,6-7,10-15H2,1-2H3,(H,23,24,25). The Hall–Kier alpha value is -2.67. The molecule has 0 spiro atoms. The fraction of sp³-hybridized carbons (Fsp3) is 0.500. The largest absolute Gasteiger partial charge is 0.484 e. The van der Waals surface area contributed by atoms with Gasteiger partial charge in [0.1, 0.15) is 17.4 Å². The average Bonchev–Trinajstić information content (AvgIpc) is 2.77. The van der Waals surface area contributed by atoms with Crippen molar-refractivity contribution in [2.45, 2.75) is 31.7 Å². The first-order valence-corrected chi connectivity index (χ1v) is 10.4. The molecular weight excluding hydrogens is 366 g/mol. The van der Waals surface area contributed by atoms with Crippen molar-refractivity contribution in [1.82, 2.24) is 19.8 Å². The Balaban J connectivity index is 1.45. The zero-order chi connectivity index (χ0) is 20.2. The van der Waals surface area contributed by atoms with Crippen molar-refractivity contribution < 1.29 is 9.53 Å². The normalized spacial score (nSPS) is 19.5. The van der Waals surface area contributed by atoms with Gasteiger partial charge in [-0.15, -0.1) is 0 Å². The highest BCUT2D eigenvalue weighted by Crippen LogP contribution is 2.29. The first kappa shape index (κ1) is 19.6. The third-order valence-electron chi connectivity index (χ3n) is 5.75. The maximum absolute atomic E-state index is 12.7. The van der Waals surface area contributed by atoms with Gasteiger partial charge in [-0.2, -0.15) is 0 Å². The van der Waals surface area contributed by atoms with E-state index in [0.29, 0.717) is 6.54 Å². The van der Waals surface area contributed by atoms with E-state index < -0.39 is 0 Å². The van der Waals surface area contributed by atoms with Crippen molar-refractivity contribution in [2.24, 2.45) is 0 Å². The Morgan fingerprint density at radius 1 is 1.24 bits per heavy atom. The lowest BCUT2D eigenvalue weighted by molar-refractivity contribution is -0.134. The second-order valence-corrected chi connectivity index (χ2v) is 7.87. The van der Waals surface area contributed by atoms with Crippen molar-refractivity contribution in [2.75, 3.05) is 45.7 Å². The molecule has 0 saturated carbocycles. The summed E-state index contributed by atoms with van der Waals surface area (Å²) in [4.78, 5) is 26.6. The SMILES string of the molecule is CNc1nc(C2CCCN(C(=O)COc3ccccc3)C2)nc2c1CN(C)CC2. The van der Waals surface area contributed by atoms with Gasteiger partial charge >= 0.3 is 0 Å². The van der Waals surface area contributed by atoms with Gasteiger partial charge in [-0.3, -0.25) is 4.79 Å². The van der Waals surface area contributed by atoms with E-state index >= 15 is 0 Å². The summed E-state index contributed by atoms with van der Waals surface area (Å²) in [6.45, 7) is 3.37. The van der Waals surface area contributed by atoms with E-state index in [1.807, 2.05) is 42.3 Å². The van der Waals surface area contributed by atoms with Gasteiger partial charge in [-0.25, -0.2) is 9.97 Å². The lowest BCUT2D eigenvalue weighted by atomic mass is 9.96. The van der Waals surface area contributed by atoms with Crippen LogP contribution >= 0.6 is 0 Å². The molecule has 0 aliphatic carbocycles. The number of likely N-dealkylation sites (tertiary alicyclic amines) is 1. The van der Waals surface area contributed by atoms with E-state index in [0.717, 1.165) is 62.0 Å². The Morgan fingerprint density at radius 2 is 2.07 bits per heavy atom. The van der Waals surface area contributed by atoms with Crippen molar-refractivity contribution in [3.63, 3.8) is 0 Å². The molecule has 2 aromatic rings. The number of fused-ring (bicyclic) bond motifs is 1. The Kier molecular flexibility index (Phi) is 5.94. The third kappa shape index (κ3) is 4.50. The molecule has 4 rings (SSSR count). The predicted molar refractivity (Wildman–Crippen MR) is 112 cm³/mol. The van der Waals surface area contributed by atoms with Gasteiger partial charge in [0.25, 0.3) is 5.91 Å². The Morgan fingerprint density at radius 3 is 2.86 bits per heavy atom. The molecule has 1 N–H and O–H groups in total. The molecule has 7 nitrogen and oxygen atoms in total. The number of nitrogens with zero attached hydrogens (tertiary/aromatic N) is 4. The summed E-state index contributed by atoms with van der Waals surface area (Å²) in [6.07, 6.45) is 2.90. The summed E-state index contributed by atoms with van der Waals surface area (Å²) >= 11 is 0. The van der Waals surface area contributed by atoms with Gasteiger partial charge in [0.2, 0.25) is 0 Å². The smallest absolute Gasteiger partial charge is 0.260 e. The van der Waals surface area contributed by atoms with Crippen LogP contribution in [0.3, 0.4) is 0 Å². The summed E-state index contributed by atoms with van der Waals surface area (Å²) in [7, 11) is 4.04. The highest BCUT2D eigenvalue weighted by Gasteiger charge is 2.29. The van der Waals surface area contributed by atoms with Crippen LogP contribution in [-0.2, 0) is 17.8 Å². The molecule has 1 aromatic carbocycles. The molecule has 2 aliphatic heterocycles. The number of hydrogen-bond donors (Lipinski definition) is 1. The van der Waals surface area contributed by atoms with Crippen LogP contribution in [-0.4, -0.2) is 66.0 Å². The summed E-state index contributed by atoms with van der Waals surface area (Å²) in [5, 5.41) is 3.25. The van der Waals surface area contributed by atoms with Crippen molar-refractivity contribution >= 4 is 11.7 Å². The van der Waals surface area contributed by atoms with Gasteiger partial charge in [0.05, 0.1) is 5.69 Å². The van der Waals surface area contributed by atoms with Gasteiger partial charge in [-0.05, 0) is 32.0 Å². The number of hydrogen-bond acceptors (Lipinski definition) is 6. The summed E-state index contributed by atoms with van der Waals surface area (Å²) in [5.74, 6) is 2.69. The fourth-order valence-electron chi connectivity index (χ4n) is 4.12. The first-order chi connectivity index (χ1) is 14.1. The lowest BCUT2D eigenvalue weighted by Crippen LogP contribution is -2.42. The molecule has 0 radical (unpaired) electrons. The minimum absolute atomic E-state index is 0.0203. The highest BCUT2D eigenvalue weighted by molar-refractivity contribution is 5.78. The second kappa shape index (κ2) is 8.78. The summed E-state index contributed by atoms with van der Waals surface area (Å²) < 4.78 is 5.65. The number of carbonyl (C=O) groups excluding carboxylic acids is 1. The van der Waals surface area contributed by atoms with E-state index in [4.69, 9.17) is 14.7 Å². The molecule has 29 heavy (non-hydrogen) atoms. The van der Waals surface area contributed by atoms with Crippen LogP contribution in [0.5, 0.6) is 5.75 Å². The highest BCUT2D eigenvalue weighted by atomic mass is 16.5. The van der Waals surface area contributed by atoms with Crippen LogP contribution in [0.25, 0.3) is 0 Å². The summed E-state index contributed by atoms with van der Waals surface area (Å²) in [6, 6.07) is 9.47. The molecule has 7 heteroatoms. The molecular formula is C22H29N5O2. The molecule has 1 unspecified atom stereocenters. The number of para-hydroxylation sites is 1. The first-order valence-electron chi connectivity index (χ1n) is 10.4. The van der Waals surface area contributed by atoms with Crippen LogP contribution < -0.4 is 10.1 Å². The minimum Gasteiger partial charge on any atom is -0.484 e. The molecule has 1 saturated heterocycles. The Labute approximate surface area is 172 Å². The number of rotatable bonds is 5. The van der Waals surface area contributed by atoms with E-state index in [1.54, 1.807) is 0 Å². The molecule has 1 atom stereocenters. The van der Waals surface area contributed by atoms with Gasteiger partial charge < -0.3 is 19.9 Å². The van der Waals surface area contributed by atoms with Gasteiger partial charge in [0, 0.05) is 51.1 Å². The molecule has 2 aliphatic rings. The minimum atomic E-state index is 0.0203. The molecule has 0 bridgehead atoms. The van der Waals surface area contributed by atoms with E-state index in [-0.39, 0.29) is 18.4 Å². The van der Waals surface area contributed by atoms with Crippen LogP contribution in [0.1, 0.15) is 35.8 Å². The van der Waals surface area contributed by atoms with Crippen molar-refractivity contribution in [3.8, 4) is 5.75 Å². The van der Waals surface area contributed by atoms with Gasteiger partial charge in [-0.1, -0.05) is 18.2 Å². The number of piperidine rings is 1. The number of anilines is 1.